The number of allylic oxidation sites excluding steroid dienone is 1. The minimum Gasteiger partial charge on any atom is -0.422 e. The molecule has 0 spiro atoms. The average Bonchev–Trinajstić information content (AvgIpc) is 3.27. The smallest absolute Gasteiger partial charge is 0.345 e. The first-order valence-electron chi connectivity index (χ1n) is 9.32. The van der Waals surface area contributed by atoms with Crippen molar-refractivity contribution < 1.29 is 4.42 Å². The lowest BCUT2D eigenvalue weighted by Crippen LogP contribution is -2.02. The van der Waals surface area contributed by atoms with E-state index in [0.717, 1.165) is 21.7 Å². The van der Waals surface area contributed by atoms with E-state index < -0.39 is 5.63 Å². The van der Waals surface area contributed by atoms with Gasteiger partial charge in [0.2, 0.25) is 0 Å². The van der Waals surface area contributed by atoms with Gasteiger partial charge in [0.05, 0.1) is 16.8 Å². The molecule has 3 aromatic carbocycles. The van der Waals surface area contributed by atoms with Crippen molar-refractivity contribution in [3.8, 4) is 17.3 Å². The summed E-state index contributed by atoms with van der Waals surface area (Å²) < 4.78 is 5.42. The molecular weight excluding hydrogens is 392 g/mol. The van der Waals surface area contributed by atoms with Gasteiger partial charge in [-0.3, -0.25) is 0 Å². The Labute approximate surface area is 176 Å². The number of para-hydroxylation sites is 1. The highest BCUT2D eigenvalue weighted by molar-refractivity contribution is 7.11. The van der Waals surface area contributed by atoms with Crippen LogP contribution in [0.4, 0.5) is 0 Å². The van der Waals surface area contributed by atoms with Gasteiger partial charge in [0.15, 0.2) is 0 Å². The lowest BCUT2D eigenvalue weighted by Gasteiger charge is -2.02. The van der Waals surface area contributed by atoms with Crippen LogP contribution in [0.1, 0.15) is 10.6 Å². The summed E-state index contributed by atoms with van der Waals surface area (Å²) in [6.45, 7) is 0. The number of hydrogen-bond acceptors (Lipinski definition) is 5. The first-order chi connectivity index (χ1) is 14.7. The van der Waals surface area contributed by atoms with Gasteiger partial charge in [-0.05, 0) is 34.5 Å². The summed E-state index contributed by atoms with van der Waals surface area (Å²) in [7, 11) is 0. The van der Waals surface area contributed by atoms with Crippen molar-refractivity contribution in [2.24, 2.45) is 0 Å². The molecule has 0 atom stereocenters. The molecule has 5 aromatic rings. The maximum atomic E-state index is 12.4. The van der Waals surface area contributed by atoms with Gasteiger partial charge >= 0.3 is 5.63 Å². The van der Waals surface area contributed by atoms with E-state index in [1.54, 1.807) is 17.5 Å². The SMILES string of the molecule is N#CC(=Cc1cccc2ccccc12)c1nc(-c2cc3ccccc3oc2=O)cs1. The van der Waals surface area contributed by atoms with E-state index in [1.807, 2.05) is 66.7 Å². The quantitative estimate of drug-likeness (QED) is 0.267. The molecule has 0 unspecified atom stereocenters. The van der Waals surface area contributed by atoms with Gasteiger partial charge < -0.3 is 4.42 Å². The van der Waals surface area contributed by atoms with Crippen LogP contribution in [0.2, 0.25) is 0 Å². The Morgan fingerprint density at radius 3 is 2.63 bits per heavy atom. The van der Waals surface area contributed by atoms with Crippen LogP contribution < -0.4 is 5.63 Å². The minimum atomic E-state index is -0.443. The molecule has 0 aliphatic carbocycles. The minimum absolute atomic E-state index is 0.388. The average molecular weight is 406 g/mol. The standard InChI is InChI=1S/C25H14N2O2S/c26-14-19(12-17-9-5-8-16-6-1-3-10-20(16)17)24-27-22(15-30-24)21-13-18-7-2-4-11-23(18)29-25(21)28/h1-13,15H. The molecule has 0 bridgehead atoms. The van der Waals surface area contributed by atoms with Crippen LogP contribution in [0.5, 0.6) is 0 Å². The van der Waals surface area contributed by atoms with Crippen LogP contribution in [0, 0.1) is 11.3 Å². The lowest BCUT2D eigenvalue weighted by atomic mass is 10.0. The number of aromatic nitrogens is 1. The normalized spacial score (nSPS) is 11.6. The molecule has 5 rings (SSSR count). The maximum absolute atomic E-state index is 12.4. The van der Waals surface area contributed by atoms with Crippen molar-refractivity contribution in [3.63, 3.8) is 0 Å². The molecule has 0 N–H and O–H groups in total. The summed E-state index contributed by atoms with van der Waals surface area (Å²) in [5.74, 6) is 0. The first kappa shape index (κ1) is 18.0. The van der Waals surface area contributed by atoms with Gasteiger partial charge in [0.25, 0.3) is 0 Å². The van der Waals surface area contributed by atoms with Crippen LogP contribution in [-0.4, -0.2) is 4.98 Å². The second-order valence-electron chi connectivity index (χ2n) is 6.76. The molecule has 5 heteroatoms. The van der Waals surface area contributed by atoms with Crippen LogP contribution in [0.3, 0.4) is 0 Å². The zero-order chi connectivity index (χ0) is 20.5. The summed E-state index contributed by atoms with van der Waals surface area (Å²) in [6.07, 6.45) is 1.84. The molecule has 0 saturated heterocycles. The Balaban J connectivity index is 1.59. The van der Waals surface area contributed by atoms with Gasteiger partial charge in [0.1, 0.15) is 16.7 Å². The highest BCUT2D eigenvalue weighted by atomic mass is 32.1. The van der Waals surface area contributed by atoms with E-state index in [4.69, 9.17) is 4.42 Å². The Bertz CT molecular complexity index is 1530. The monoisotopic (exact) mass is 406 g/mol. The molecule has 142 valence electrons. The number of thiazole rings is 1. The number of nitrogens with zero attached hydrogens (tertiary/aromatic N) is 2. The number of hydrogen-bond donors (Lipinski definition) is 0. The topological polar surface area (TPSA) is 66.9 Å². The lowest BCUT2D eigenvalue weighted by molar-refractivity contribution is 0.563. The van der Waals surface area contributed by atoms with Crippen LogP contribution >= 0.6 is 11.3 Å². The van der Waals surface area contributed by atoms with Crippen LogP contribution in [0.25, 0.3) is 44.6 Å². The molecule has 2 aromatic heterocycles. The van der Waals surface area contributed by atoms with Gasteiger partial charge in [0, 0.05) is 10.8 Å². The highest BCUT2D eigenvalue weighted by Crippen LogP contribution is 2.29. The van der Waals surface area contributed by atoms with Crippen LogP contribution in [-0.2, 0) is 0 Å². The zero-order valence-corrected chi connectivity index (χ0v) is 16.5. The number of benzene rings is 3. The summed E-state index contributed by atoms with van der Waals surface area (Å²) in [5, 5.41) is 15.1. The largest absolute Gasteiger partial charge is 0.422 e. The third-order valence-electron chi connectivity index (χ3n) is 4.90. The van der Waals surface area contributed by atoms with Gasteiger partial charge in [-0.25, -0.2) is 9.78 Å². The second kappa shape index (κ2) is 7.43. The van der Waals surface area contributed by atoms with Crippen molar-refractivity contribution in [1.82, 2.24) is 4.98 Å². The van der Waals surface area contributed by atoms with E-state index in [0.29, 0.717) is 27.4 Å². The fraction of sp³-hybridized carbons (Fsp3) is 0. The van der Waals surface area contributed by atoms with E-state index >= 15 is 0 Å². The van der Waals surface area contributed by atoms with Gasteiger partial charge in [-0.1, -0.05) is 60.7 Å². The molecular formula is C25H14N2O2S. The van der Waals surface area contributed by atoms with Crippen LogP contribution in [0.15, 0.2) is 87.4 Å². The molecule has 30 heavy (non-hydrogen) atoms. The molecule has 0 aliphatic heterocycles. The van der Waals surface area contributed by atoms with Gasteiger partial charge in [-0.2, -0.15) is 5.26 Å². The number of fused-ring (bicyclic) bond motifs is 2. The molecule has 0 radical (unpaired) electrons. The molecule has 0 fully saturated rings. The van der Waals surface area contributed by atoms with E-state index in [2.05, 4.69) is 11.1 Å². The van der Waals surface area contributed by atoms with Crippen molar-refractivity contribution in [1.29, 1.82) is 5.26 Å². The fourth-order valence-electron chi connectivity index (χ4n) is 3.44. The van der Waals surface area contributed by atoms with Gasteiger partial charge in [-0.15, -0.1) is 11.3 Å². The Kier molecular flexibility index (Phi) is 4.47. The summed E-state index contributed by atoms with van der Waals surface area (Å²) >= 11 is 1.33. The third kappa shape index (κ3) is 3.20. The van der Waals surface area contributed by atoms with Crippen molar-refractivity contribution in [2.45, 2.75) is 0 Å². The second-order valence-corrected chi connectivity index (χ2v) is 7.62. The van der Waals surface area contributed by atoms with Crippen molar-refractivity contribution in [3.05, 3.63) is 99.2 Å². The predicted octanol–water partition coefficient (Wildman–Crippen LogP) is 6.13. The number of rotatable bonds is 3. The van der Waals surface area contributed by atoms with Crippen molar-refractivity contribution >= 4 is 44.7 Å². The Morgan fingerprint density at radius 1 is 1.00 bits per heavy atom. The van der Waals surface area contributed by atoms with Crippen molar-refractivity contribution in [2.75, 3.05) is 0 Å². The third-order valence-corrected chi connectivity index (χ3v) is 5.77. The molecule has 4 nitrogen and oxygen atoms in total. The fourth-order valence-corrected chi connectivity index (χ4v) is 4.22. The maximum Gasteiger partial charge on any atom is 0.345 e. The molecule has 2 heterocycles. The predicted molar refractivity (Wildman–Crippen MR) is 121 cm³/mol. The molecule has 0 saturated carbocycles. The van der Waals surface area contributed by atoms with E-state index in [-0.39, 0.29) is 0 Å². The Morgan fingerprint density at radius 2 is 1.77 bits per heavy atom. The number of nitriles is 1. The summed E-state index contributed by atoms with van der Waals surface area (Å²) in [6, 6.07) is 25.4. The summed E-state index contributed by atoms with van der Waals surface area (Å²) in [5.41, 5.74) is 2.39. The highest BCUT2D eigenvalue weighted by Gasteiger charge is 2.14. The molecule has 0 aliphatic rings. The van der Waals surface area contributed by atoms with E-state index in [1.165, 1.54) is 11.3 Å². The Hall–Kier alpha value is -4.01. The zero-order valence-electron chi connectivity index (χ0n) is 15.7. The summed E-state index contributed by atoms with van der Waals surface area (Å²) in [4.78, 5) is 17.0. The van der Waals surface area contributed by atoms with E-state index in [9.17, 15) is 10.1 Å². The molecule has 0 amide bonds. The first-order valence-corrected chi connectivity index (χ1v) is 10.2.